The second-order valence-corrected chi connectivity index (χ2v) is 5.91. The van der Waals surface area contributed by atoms with E-state index in [0.717, 1.165) is 0 Å². The second-order valence-electron chi connectivity index (χ2n) is 2.97. The lowest BCUT2D eigenvalue weighted by Crippen LogP contribution is -2.22. The van der Waals surface area contributed by atoms with Crippen LogP contribution in [-0.4, -0.2) is 17.1 Å². The molecular weight excluding hydrogens is 137 g/mol. The maximum absolute atomic E-state index is 11.0. The number of nitrogens with one attached hydrogen (secondary N) is 1. The highest BCUT2D eigenvalue weighted by atomic mass is 31.2. The molecule has 1 atom stereocenters. The summed E-state index contributed by atoms with van der Waals surface area (Å²) in [5, 5.41) is 1.84. The van der Waals surface area contributed by atoms with E-state index < -0.39 is 12.7 Å². The van der Waals surface area contributed by atoms with Crippen molar-refractivity contribution in [2.75, 3.05) is 7.05 Å². The first-order chi connectivity index (χ1) is 3.81. The van der Waals surface area contributed by atoms with Gasteiger partial charge < -0.3 is 4.89 Å². The van der Waals surface area contributed by atoms with Gasteiger partial charge in [-0.3, -0.25) is 4.57 Å². The molecule has 0 aromatic heterocycles. The van der Waals surface area contributed by atoms with Crippen LogP contribution in [0.3, 0.4) is 0 Å². The summed E-state index contributed by atoms with van der Waals surface area (Å²) < 4.78 is 11.0. The molecule has 2 N–H and O–H groups in total. The van der Waals surface area contributed by atoms with Gasteiger partial charge in [0.25, 0.3) is 7.52 Å². The van der Waals surface area contributed by atoms with Crippen LogP contribution in [0.1, 0.15) is 20.8 Å². The van der Waals surface area contributed by atoms with E-state index in [1.54, 1.807) is 20.8 Å². The zero-order chi connectivity index (χ0) is 7.71. The van der Waals surface area contributed by atoms with Gasteiger partial charge in [0.1, 0.15) is 0 Å². The minimum atomic E-state index is -3.11. The molecule has 4 heteroatoms. The lowest BCUT2D eigenvalue weighted by atomic mass is 10.3. The molecule has 56 valence electrons. The highest BCUT2D eigenvalue weighted by Gasteiger charge is 2.32. The molecule has 0 aromatic carbocycles. The first-order valence-corrected chi connectivity index (χ1v) is 4.49. The van der Waals surface area contributed by atoms with Crippen LogP contribution in [0, 0.1) is 0 Å². The zero-order valence-corrected chi connectivity index (χ0v) is 7.20. The maximum Gasteiger partial charge on any atom is 0.272 e. The summed E-state index contributed by atoms with van der Waals surface area (Å²) in [4.78, 5) is 9.10. The van der Waals surface area contributed by atoms with E-state index in [1.165, 1.54) is 7.05 Å². The maximum atomic E-state index is 11.0. The molecule has 0 aliphatic heterocycles. The van der Waals surface area contributed by atoms with E-state index in [1.807, 2.05) is 0 Å². The standard InChI is InChI=1S/C5H14NO2P/c1-5(2,3)9(7,8)6-4/h1-4H3,(H2,6,7,8). The topological polar surface area (TPSA) is 49.3 Å². The third kappa shape index (κ3) is 2.09. The van der Waals surface area contributed by atoms with Gasteiger partial charge >= 0.3 is 0 Å². The lowest BCUT2D eigenvalue weighted by Gasteiger charge is -2.24. The zero-order valence-electron chi connectivity index (χ0n) is 6.30. The molecule has 0 radical (unpaired) electrons. The first-order valence-electron chi connectivity index (χ1n) is 2.83. The Balaban J connectivity index is 4.35. The summed E-state index contributed by atoms with van der Waals surface area (Å²) >= 11 is 0. The fourth-order valence-corrected chi connectivity index (χ4v) is 1.01. The molecule has 0 aliphatic carbocycles. The van der Waals surface area contributed by atoms with Crippen molar-refractivity contribution in [3.05, 3.63) is 0 Å². The van der Waals surface area contributed by atoms with Crippen molar-refractivity contribution in [2.45, 2.75) is 25.9 Å². The third-order valence-corrected chi connectivity index (χ3v) is 3.64. The summed E-state index contributed by atoms with van der Waals surface area (Å²) in [5.41, 5.74) is 0. The van der Waals surface area contributed by atoms with Gasteiger partial charge in [0.05, 0.1) is 5.16 Å². The Morgan fingerprint density at radius 2 is 1.78 bits per heavy atom. The molecule has 0 heterocycles. The van der Waals surface area contributed by atoms with Gasteiger partial charge in [-0.2, -0.15) is 0 Å². The van der Waals surface area contributed by atoms with E-state index in [2.05, 4.69) is 5.09 Å². The molecule has 0 rings (SSSR count). The highest BCUT2D eigenvalue weighted by Crippen LogP contribution is 2.49. The molecule has 3 nitrogen and oxygen atoms in total. The van der Waals surface area contributed by atoms with Crippen molar-refractivity contribution in [1.29, 1.82) is 0 Å². The second kappa shape index (κ2) is 2.41. The molecular formula is C5H14NO2P. The molecule has 9 heavy (non-hydrogen) atoms. The predicted octanol–water partition coefficient (Wildman–Crippen LogP) is 1.19. The van der Waals surface area contributed by atoms with Gasteiger partial charge in [0, 0.05) is 0 Å². The molecule has 0 aromatic rings. The Morgan fingerprint density at radius 1 is 1.44 bits per heavy atom. The molecule has 0 saturated heterocycles. The van der Waals surface area contributed by atoms with E-state index in [0.29, 0.717) is 0 Å². The van der Waals surface area contributed by atoms with Gasteiger partial charge in [0.15, 0.2) is 0 Å². The smallest absolute Gasteiger partial charge is 0.272 e. The lowest BCUT2D eigenvalue weighted by molar-refractivity contribution is 0.435. The van der Waals surface area contributed by atoms with Crippen LogP contribution in [0.2, 0.25) is 0 Å². The SMILES string of the molecule is CNP(=O)(O)C(C)(C)C. The molecule has 1 unspecified atom stereocenters. The highest BCUT2D eigenvalue weighted by molar-refractivity contribution is 7.57. The van der Waals surface area contributed by atoms with Gasteiger partial charge in [0.2, 0.25) is 0 Å². The van der Waals surface area contributed by atoms with Gasteiger partial charge in [-0.15, -0.1) is 0 Å². The van der Waals surface area contributed by atoms with Crippen LogP contribution < -0.4 is 5.09 Å². The van der Waals surface area contributed by atoms with Gasteiger partial charge in [-0.05, 0) is 27.8 Å². The Labute approximate surface area is 56.0 Å². The van der Waals surface area contributed by atoms with E-state index in [4.69, 9.17) is 4.89 Å². The Hall–Kier alpha value is 0.150. The van der Waals surface area contributed by atoms with Crippen LogP contribution in [0.15, 0.2) is 0 Å². The minimum Gasteiger partial charge on any atom is -0.333 e. The summed E-state index contributed by atoms with van der Waals surface area (Å²) in [5.74, 6) is 0. The Bertz CT molecular complexity index is 138. The van der Waals surface area contributed by atoms with Crippen LogP contribution in [-0.2, 0) is 4.57 Å². The fraction of sp³-hybridized carbons (Fsp3) is 1.00. The number of rotatable bonds is 1. The first kappa shape index (κ1) is 9.15. The Kier molecular flexibility index (Phi) is 2.45. The monoisotopic (exact) mass is 151 g/mol. The average Bonchev–Trinajstić information content (AvgIpc) is 1.64. The summed E-state index contributed by atoms with van der Waals surface area (Å²) in [7, 11) is -1.62. The van der Waals surface area contributed by atoms with Crippen molar-refractivity contribution in [3.63, 3.8) is 0 Å². The average molecular weight is 151 g/mol. The van der Waals surface area contributed by atoms with E-state index >= 15 is 0 Å². The van der Waals surface area contributed by atoms with Crippen LogP contribution in [0.25, 0.3) is 0 Å². The Morgan fingerprint density at radius 3 is 1.78 bits per heavy atom. The predicted molar refractivity (Wildman–Crippen MR) is 38.6 cm³/mol. The molecule has 0 bridgehead atoms. The van der Waals surface area contributed by atoms with Gasteiger partial charge in [-0.1, -0.05) is 0 Å². The number of hydrogen-bond donors (Lipinski definition) is 2. The normalized spacial score (nSPS) is 19.2. The van der Waals surface area contributed by atoms with Crippen LogP contribution in [0.4, 0.5) is 0 Å². The summed E-state index contributed by atoms with van der Waals surface area (Å²) in [6.07, 6.45) is 0. The largest absolute Gasteiger partial charge is 0.333 e. The van der Waals surface area contributed by atoms with Crippen molar-refractivity contribution < 1.29 is 9.46 Å². The number of hydrogen-bond acceptors (Lipinski definition) is 1. The molecule has 0 spiro atoms. The van der Waals surface area contributed by atoms with Crippen molar-refractivity contribution in [2.24, 2.45) is 0 Å². The minimum absolute atomic E-state index is 0.554. The molecule has 0 aliphatic rings. The van der Waals surface area contributed by atoms with Crippen molar-refractivity contribution in [1.82, 2.24) is 5.09 Å². The molecule has 0 amide bonds. The van der Waals surface area contributed by atoms with Crippen LogP contribution >= 0.6 is 7.52 Å². The van der Waals surface area contributed by atoms with E-state index in [-0.39, 0.29) is 0 Å². The fourth-order valence-electron chi connectivity index (χ4n) is 0.335. The van der Waals surface area contributed by atoms with Crippen LogP contribution in [0.5, 0.6) is 0 Å². The molecule has 0 fully saturated rings. The van der Waals surface area contributed by atoms with E-state index in [9.17, 15) is 4.57 Å². The molecule has 0 saturated carbocycles. The summed E-state index contributed by atoms with van der Waals surface area (Å²) in [6, 6.07) is 0. The quantitative estimate of drug-likeness (QED) is 0.553. The third-order valence-electron chi connectivity index (χ3n) is 1.21. The van der Waals surface area contributed by atoms with Crippen molar-refractivity contribution >= 4 is 7.52 Å². The summed E-state index contributed by atoms with van der Waals surface area (Å²) in [6.45, 7) is 5.18. The van der Waals surface area contributed by atoms with Crippen molar-refractivity contribution in [3.8, 4) is 0 Å². The van der Waals surface area contributed by atoms with Gasteiger partial charge in [-0.25, -0.2) is 5.09 Å².